The third-order valence-electron chi connectivity index (χ3n) is 6.28. The van der Waals surface area contributed by atoms with Crippen LogP contribution in [0.4, 0.5) is 0 Å². The molecule has 0 aliphatic heterocycles. The molecule has 2 aromatic carbocycles. The Balaban J connectivity index is 1.74. The Morgan fingerprint density at radius 1 is 0.964 bits per heavy atom. The van der Waals surface area contributed by atoms with Crippen molar-refractivity contribution in [1.29, 1.82) is 0 Å². The van der Waals surface area contributed by atoms with Crippen LogP contribution in [0.2, 0.25) is 0 Å². The van der Waals surface area contributed by atoms with Gasteiger partial charge in [-0.2, -0.15) is 5.10 Å². The van der Waals surface area contributed by atoms with Crippen molar-refractivity contribution in [2.24, 2.45) is 0 Å². The van der Waals surface area contributed by atoms with Gasteiger partial charge in [-0.1, -0.05) is 58.0 Å². The summed E-state index contributed by atoms with van der Waals surface area (Å²) < 4.78 is 0. The topological polar surface area (TPSA) is 58.6 Å². The number of hydrogen-bond acceptors (Lipinski definition) is 3. The number of nitrogens with zero attached hydrogens (tertiary/aromatic N) is 2. The first-order valence-electron chi connectivity index (χ1n) is 9.85. The van der Waals surface area contributed by atoms with Gasteiger partial charge in [-0.3, -0.25) is 9.89 Å². The Morgan fingerprint density at radius 3 is 2.14 bits per heavy atom. The highest BCUT2D eigenvalue weighted by atomic mass is 16.1. The van der Waals surface area contributed by atoms with Crippen molar-refractivity contribution in [3.8, 4) is 11.4 Å². The fourth-order valence-corrected chi connectivity index (χ4v) is 4.25. The lowest BCUT2D eigenvalue weighted by atomic mass is 9.62. The van der Waals surface area contributed by atoms with Gasteiger partial charge in [0.25, 0.3) is 0 Å². The van der Waals surface area contributed by atoms with Gasteiger partial charge in [0.2, 0.25) is 0 Å². The Morgan fingerprint density at radius 2 is 1.57 bits per heavy atom. The summed E-state index contributed by atoms with van der Waals surface area (Å²) in [5.41, 5.74) is 6.40. The summed E-state index contributed by atoms with van der Waals surface area (Å²) in [6.45, 7) is 11.2. The number of nitrogens with one attached hydrogen (secondary N) is 1. The maximum Gasteiger partial charge on any atom is 0.193 e. The highest BCUT2D eigenvalue weighted by Crippen LogP contribution is 2.46. The standard InChI is InChI=1S/C24H27N3O/c1-15-12-19-20(24(4,5)11-10-23(19,2)3)13-18(15)21(28)16-6-8-17(9-7-16)22-25-14-26-27-22/h6-9,12-14H,10-11H2,1-5H3,(H,25,26,27). The van der Waals surface area contributed by atoms with Crippen molar-refractivity contribution in [3.63, 3.8) is 0 Å². The van der Waals surface area contributed by atoms with Crippen LogP contribution in [0.5, 0.6) is 0 Å². The fraction of sp³-hybridized carbons (Fsp3) is 0.375. The molecule has 0 saturated carbocycles. The summed E-state index contributed by atoms with van der Waals surface area (Å²) in [4.78, 5) is 17.4. The minimum atomic E-state index is 0.0728. The van der Waals surface area contributed by atoms with Gasteiger partial charge < -0.3 is 0 Å². The zero-order valence-corrected chi connectivity index (χ0v) is 17.3. The quantitative estimate of drug-likeness (QED) is 0.629. The molecule has 1 aliphatic rings. The molecule has 0 atom stereocenters. The van der Waals surface area contributed by atoms with E-state index >= 15 is 0 Å². The van der Waals surface area contributed by atoms with Crippen LogP contribution in [0, 0.1) is 6.92 Å². The molecule has 0 unspecified atom stereocenters. The Kier molecular flexibility index (Phi) is 4.25. The third kappa shape index (κ3) is 3.07. The maximum atomic E-state index is 13.3. The van der Waals surface area contributed by atoms with Crippen molar-refractivity contribution < 1.29 is 4.79 Å². The van der Waals surface area contributed by atoms with Crippen molar-refractivity contribution in [1.82, 2.24) is 15.2 Å². The average Bonchev–Trinajstić information content (AvgIpc) is 3.20. The van der Waals surface area contributed by atoms with Gasteiger partial charge >= 0.3 is 0 Å². The van der Waals surface area contributed by atoms with Gasteiger partial charge in [0, 0.05) is 16.7 Å². The number of carbonyl (C=O) groups is 1. The smallest absolute Gasteiger partial charge is 0.193 e. The zero-order valence-electron chi connectivity index (χ0n) is 17.3. The lowest BCUT2D eigenvalue weighted by Crippen LogP contribution is -2.34. The SMILES string of the molecule is Cc1cc2c(cc1C(=O)c1ccc(-c3ncn[nH]3)cc1)C(C)(C)CCC2(C)C. The second-order valence-electron chi connectivity index (χ2n) is 9.22. The van der Waals surface area contributed by atoms with Gasteiger partial charge in [0.05, 0.1) is 0 Å². The fourth-order valence-electron chi connectivity index (χ4n) is 4.25. The molecule has 144 valence electrons. The first-order valence-corrected chi connectivity index (χ1v) is 9.85. The van der Waals surface area contributed by atoms with Crippen LogP contribution in [0.15, 0.2) is 42.7 Å². The molecule has 28 heavy (non-hydrogen) atoms. The van der Waals surface area contributed by atoms with Gasteiger partial charge in [-0.25, -0.2) is 4.98 Å². The third-order valence-corrected chi connectivity index (χ3v) is 6.28. The van der Waals surface area contributed by atoms with E-state index in [2.05, 4.69) is 55.0 Å². The normalized spacial score (nSPS) is 17.2. The van der Waals surface area contributed by atoms with Crippen LogP contribution in [0.3, 0.4) is 0 Å². The molecule has 1 aliphatic carbocycles. The van der Waals surface area contributed by atoms with Crippen LogP contribution in [-0.2, 0) is 10.8 Å². The molecule has 1 aromatic heterocycles. The Hall–Kier alpha value is -2.75. The van der Waals surface area contributed by atoms with E-state index in [0.29, 0.717) is 11.4 Å². The molecule has 1 N–H and O–H groups in total. The van der Waals surface area contributed by atoms with Crippen molar-refractivity contribution in [2.45, 2.75) is 58.3 Å². The summed E-state index contributed by atoms with van der Waals surface area (Å²) >= 11 is 0. The van der Waals surface area contributed by atoms with Crippen LogP contribution >= 0.6 is 0 Å². The number of rotatable bonds is 3. The highest BCUT2D eigenvalue weighted by molar-refractivity contribution is 6.10. The predicted octanol–water partition coefficient (Wildman–Crippen LogP) is 5.36. The molecule has 1 heterocycles. The molecular weight excluding hydrogens is 346 g/mol. The molecule has 4 heteroatoms. The van der Waals surface area contributed by atoms with Gasteiger partial charge in [-0.15, -0.1) is 0 Å². The Labute approximate surface area is 166 Å². The molecule has 4 rings (SSSR count). The zero-order chi connectivity index (χ0) is 20.1. The van der Waals surface area contributed by atoms with Crippen molar-refractivity contribution in [3.05, 3.63) is 70.5 Å². The highest BCUT2D eigenvalue weighted by Gasteiger charge is 2.37. The number of carbonyl (C=O) groups excluding carboxylic acids is 1. The molecule has 0 fully saturated rings. The molecule has 0 spiro atoms. The molecule has 0 bridgehead atoms. The molecule has 3 aromatic rings. The maximum absolute atomic E-state index is 13.3. The van der Waals surface area contributed by atoms with Crippen molar-refractivity contribution >= 4 is 5.78 Å². The number of aryl methyl sites for hydroxylation is 1. The number of fused-ring (bicyclic) bond motifs is 1. The number of H-pyrrole nitrogens is 1. The molecule has 0 amide bonds. The van der Waals surface area contributed by atoms with Crippen LogP contribution in [-0.4, -0.2) is 21.0 Å². The van der Waals surface area contributed by atoms with Crippen LogP contribution in [0.1, 0.15) is 73.1 Å². The van der Waals surface area contributed by atoms with E-state index in [4.69, 9.17) is 0 Å². The number of hydrogen-bond donors (Lipinski definition) is 1. The molecule has 4 nitrogen and oxygen atoms in total. The van der Waals surface area contributed by atoms with E-state index in [1.54, 1.807) is 0 Å². The number of ketones is 1. The van der Waals surface area contributed by atoms with E-state index in [-0.39, 0.29) is 16.6 Å². The lowest BCUT2D eigenvalue weighted by molar-refractivity contribution is 0.103. The van der Waals surface area contributed by atoms with Crippen molar-refractivity contribution in [2.75, 3.05) is 0 Å². The van der Waals surface area contributed by atoms with E-state index in [9.17, 15) is 4.79 Å². The van der Waals surface area contributed by atoms with E-state index in [1.807, 2.05) is 31.2 Å². The summed E-state index contributed by atoms with van der Waals surface area (Å²) in [5.74, 6) is 0.775. The van der Waals surface area contributed by atoms with Crippen LogP contribution in [0.25, 0.3) is 11.4 Å². The van der Waals surface area contributed by atoms with Gasteiger partial charge in [0.15, 0.2) is 11.6 Å². The molecular formula is C24H27N3O. The minimum absolute atomic E-state index is 0.0728. The minimum Gasteiger partial charge on any atom is -0.289 e. The molecule has 0 saturated heterocycles. The van der Waals surface area contributed by atoms with E-state index in [0.717, 1.165) is 23.1 Å². The molecule has 0 radical (unpaired) electrons. The summed E-state index contributed by atoms with van der Waals surface area (Å²) in [5, 5.41) is 6.73. The van der Waals surface area contributed by atoms with Crippen LogP contribution < -0.4 is 0 Å². The number of aromatic amines is 1. The van der Waals surface area contributed by atoms with E-state index in [1.165, 1.54) is 23.9 Å². The lowest BCUT2D eigenvalue weighted by Gasteiger charge is -2.42. The van der Waals surface area contributed by atoms with Gasteiger partial charge in [-0.05, 0) is 53.4 Å². The largest absolute Gasteiger partial charge is 0.289 e. The summed E-state index contributed by atoms with van der Waals surface area (Å²) in [6.07, 6.45) is 3.78. The average molecular weight is 374 g/mol. The number of benzene rings is 2. The first kappa shape index (κ1) is 18.6. The first-order chi connectivity index (χ1) is 13.2. The summed E-state index contributed by atoms with van der Waals surface area (Å²) in [6, 6.07) is 12.0. The number of aromatic nitrogens is 3. The summed E-state index contributed by atoms with van der Waals surface area (Å²) in [7, 11) is 0. The second-order valence-corrected chi connectivity index (χ2v) is 9.22. The second kappa shape index (κ2) is 6.40. The van der Waals surface area contributed by atoms with Gasteiger partial charge in [0.1, 0.15) is 6.33 Å². The Bertz CT molecular complexity index is 1030. The van der Waals surface area contributed by atoms with E-state index < -0.39 is 0 Å². The monoisotopic (exact) mass is 373 g/mol. The predicted molar refractivity (Wildman–Crippen MR) is 112 cm³/mol.